The quantitative estimate of drug-likeness (QED) is 0.551. The monoisotopic (exact) mass is 392 g/mol. The predicted octanol–water partition coefficient (Wildman–Crippen LogP) is 5.26. The largest absolute Gasteiger partial charge is 0.497 e. The first-order valence-electron chi connectivity index (χ1n) is 10.4. The third kappa shape index (κ3) is 5.47. The van der Waals surface area contributed by atoms with E-state index in [1.807, 2.05) is 41.0 Å². The van der Waals surface area contributed by atoms with E-state index in [1.54, 1.807) is 7.11 Å². The topological polar surface area (TPSA) is 44.1 Å². The summed E-state index contributed by atoms with van der Waals surface area (Å²) >= 11 is 0. The Kier molecular flexibility index (Phi) is 6.41. The zero-order chi connectivity index (χ0) is 21.0. The molecule has 0 unspecified atom stereocenters. The molecule has 0 amide bonds. The molecule has 0 saturated carbocycles. The van der Waals surface area contributed by atoms with Crippen molar-refractivity contribution in [3.05, 3.63) is 70.3 Å². The van der Waals surface area contributed by atoms with Gasteiger partial charge in [-0.15, -0.1) is 0 Å². The summed E-state index contributed by atoms with van der Waals surface area (Å²) in [6.07, 6.45) is 2.68. The van der Waals surface area contributed by atoms with Gasteiger partial charge in [0.15, 0.2) is 0 Å². The highest BCUT2D eigenvalue weighted by Crippen LogP contribution is 2.26. The van der Waals surface area contributed by atoms with Gasteiger partial charge in [-0.3, -0.25) is 9.36 Å². The van der Waals surface area contributed by atoms with Gasteiger partial charge in [0.1, 0.15) is 11.6 Å². The van der Waals surface area contributed by atoms with Crippen LogP contribution in [-0.2, 0) is 19.4 Å². The Morgan fingerprint density at radius 2 is 1.76 bits per heavy atom. The lowest BCUT2D eigenvalue weighted by Crippen LogP contribution is -2.28. The van der Waals surface area contributed by atoms with Gasteiger partial charge in [0, 0.05) is 13.0 Å². The highest BCUT2D eigenvalue weighted by atomic mass is 16.5. The van der Waals surface area contributed by atoms with E-state index in [-0.39, 0.29) is 11.0 Å². The zero-order valence-electron chi connectivity index (χ0n) is 18.2. The van der Waals surface area contributed by atoms with E-state index in [4.69, 9.17) is 9.72 Å². The Balaban J connectivity index is 1.91. The lowest BCUT2D eigenvalue weighted by Gasteiger charge is -2.24. The molecule has 0 bridgehead atoms. The number of benzene rings is 2. The lowest BCUT2D eigenvalue weighted by molar-refractivity contribution is 0.301. The minimum Gasteiger partial charge on any atom is -0.497 e. The number of nitrogens with zero attached hydrogens (tertiary/aromatic N) is 2. The molecule has 29 heavy (non-hydrogen) atoms. The maximum atomic E-state index is 13.2. The van der Waals surface area contributed by atoms with Crippen molar-refractivity contribution in [3.8, 4) is 5.75 Å². The van der Waals surface area contributed by atoms with Gasteiger partial charge in [-0.1, -0.05) is 52.0 Å². The molecule has 0 aliphatic carbocycles. The van der Waals surface area contributed by atoms with Gasteiger partial charge in [-0.05, 0) is 54.0 Å². The summed E-state index contributed by atoms with van der Waals surface area (Å²) in [4.78, 5) is 18.1. The first-order chi connectivity index (χ1) is 13.8. The van der Waals surface area contributed by atoms with Crippen molar-refractivity contribution in [1.82, 2.24) is 9.55 Å². The molecule has 154 valence electrons. The molecule has 4 nitrogen and oxygen atoms in total. The van der Waals surface area contributed by atoms with Crippen molar-refractivity contribution in [1.29, 1.82) is 0 Å². The first-order valence-corrected chi connectivity index (χ1v) is 10.4. The van der Waals surface area contributed by atoms with Gasteiger partial charge in [0.2, 0.25) is 0 Å². The zero-order valence-corrected chi connectivity index (χ0v) is 18.2. The van der Waals surface area contributed by atoms with E-state index >= 15 is 0 Å². The smallest absolute Gasteiger partial charge is 0.261 e. The molecule has 0 aliphatic heterocycles. The molecule has 0 saturated heterocycles. The highest BCUT2D eigenvalue weighted by Gasteiger charge is 2.19. The molecule has 0 N–H and O–H groups in total. The van der Waals surface area contributed by atoms with Crippen LogP contribution in [0.25, 0.3) is 10.9 Å². The minimum absolute atomic E-state index is 0.0575. The average molecular weight is 393 g/mol. The van der Waals surface area contributed by atoms with Crippen LogP contribution in [0.4, 0.5) is 0 Å². The molecular formula is C25H32N2O2. The molecule has 1 aromatic heterocycles. The molecule has 0 fully saturated rings. The van der Waals surface area contributed by atoms with Gasteiger partial charge >= 0.3 is 0 Å². The second-order valence-corrected chi connectivity index (χ2v) is 9.17. The van der Waals surface area contributed by atoms with E-state index in [2.05, 4.69) is 39.8 Å². The molecule has 1 atom stereocenters. The summed E-state index contributed by atoms with van der Waals surface area (Å²) in [5, 5.41) is 0.689. The van der Waals surface area contributed by atoms with Crippen molar-refractivity contribution in [3.63, 3.8) is 0 Å². The van der Waals surface area contributed by atoms with E-state index in [0.29, 0.717) is 17.8 Å². The van der Waals surface area contributed by atoms with E-state index in [1.165, 1.54) is 5.56 Å². The van der Waals surface area contributed by atoms with Gasteiger partial charge < -0.3 is 4.74 Å². The lowest BCUT2D eigenvalue weighted by atomic mass is 9.84. The predicted molar refractivity (Wildman–Crippen MR) is 120 cm³/mol. The number of methoxy groups -OCH3 is 1. The van der Waals surface area contributed by atoms with Crippen LogP contribution < -0.4 is 10.3 Å². The maximum absolute atomic E-state index is 13.2. The highest BCUT2D eigenvalue weighted by molar-refractivity contribution is 5.77. The van der Waals surface area contributed by atoms with Crippen LogP contribution in [0.5, 0.6) is 5.75 Å². The summed E-state index contributed by atoms with van der Waals surface area (Å²) in [6, 6.07) is 15.7. The number of hydrogen-bond acceptors (Lipinski definition) is 3. The van der Waals surface area contributed by atoms with Gasteiger partial charge in [0.05, 0.1) is 18.0 Å². The van der Waals surface area contributed by atoms with Crippen LogP contribution in [0.1, 0.15) is 45.5 Å². The number of hydrogen-bond donors (Lipinski definition) is 0. The molecule has 0 radical (unpaired) electrons. The molecule has 0 spiro atoms. The Morgan fingerprint density at radius 1 is 1.07 bits per heavy atom. The number of ether oxygens (including phenoxy) is 1. The van der Waals surface area contributed by atoms with Gasteiger partial charge in [-0.2, -0.15) is 0 Å². The van der Waals surface area contributed by atoms with Crippen LogP contribution in [0.2, 0.25) is 0 Å². The number of para-hydroxylation sites is 1. The summed E-state index contributed by atoms with van der Waals surface area (Å²) in [5.41, 5.74) is 2.28. The first kappa shape index (κ1) is 21.1. The Labute approximate surface area is 173 Å². The number of fused-ring (bicyclic) bond motifs is 1. The SMILES string of the molecule is COc1ccc(CCn2c(C[C@@H](C)CC(C)(C)C)nc3ccccc3c2=O)cc1. The third-order valence-corrected chi connectivity index (χ3v) is 5.22. The average Bonchev–Trinajstić information content (AvgIpc) is 2.66. The van der Waals surface area contributed by atoms with Crippen molar-refractivity contribution in [2.24, 2.45) is 11.3 Å². The normalized spacial score (nSPS) is 12.9. The summed E-state index contributed by atoms with van der Waals surface area (Å²) in [5.74, 6) is 2.18. The minimum atomic E-state index is 0.0575. The van der Waals surface area contributed by atoms with Crippen molar-refractivity contribution in [2.75, 3.05) is 7.11 Å². The Bertz CT molecular complexity index is 1010. The molecule has 0 aliphatic rings. The van der Waals surface area contributed by atoms with Crippen LogP contribution in [-0.4, -0.2) is 16.7 Å². The third-order valence-electron chi connectivity index (χ3n) is 5.22. The molecule has 3 aromatic rings. The fourth-order valence-corrected chi connectivity index (χ4v) is 4.06. The maximum Gasteiger partial charge on any atom is 0.261 e. The van der Waals surface area contributed by atoms with E-state index < -0.39 is 0 Å². The van der Waals surface area contributed by atoms with Crippen molar-refractivity contribution < 1.29 is 4.74 Å². The van der Waals surface area contributed by atoms with Crippen LogP contribution in [0.3, 0.4) is 0 Å². The number of aromatic nitrogens is 2. The molecule has 2 aromatic carbocycles. The Morgan fingerprint density at radius 3 is 2.41 bits per heavy atom. The second-order valence-electron chi connectivity index (χ2n) is 9.17. The molecule has 3 rings (SSSR count). The molecule has 1 heterocycles. The number of rotatable bonds is 7. The van der Waals surface area contributed by atoms with Crippen molar-refractivity contribution >= 4 is 10.9 Å². The van der Waals surface area contributed by atoms with E-state index in [0.717, 1.165) is 36.4 Å². The molecular weight excluding hydrogens is 360 g/mol. The standard InChI is InChI=1S/C25H32N2O2/c1-18(17-25(2,3)4)16-23-26-22-9-7-6-8-21(22)24(28)27(23)15-14-19-10-12-20(29-5)13-11-19/h6-13,18H,14-17H2,1-5H3/t18-/m1/s1. The van der Waals surface area contributed by atoms with Gasteiger partial charge in [0.25, 0.3) is 5.56 Å². The van der Waals surface area contributed by atoms with Gasteiger partial charge in [-0.25, -0.2) is 4.98 Å². The summed E-state index contributed by atoms with van der Waals surface area (Å²) in [7, 11) is 1.67. The van der Waals surface area contributed by atoms with Crippen LogP contribution >= 0.6 is 0 Å². The Hall–Kier alpha value is -2.62. The second kappa shape index (κ2) is 8.81. The number of aryl methyl sites for hydroxylation is 1. The van der Waals surface area contributed by atoms with Crippen LogP contribution in [0.15, 0.2) is 53.3 Å². The summed E-state index contributed by atoms with van der Waals surface area (Å²) < 4.78 is 7.12. The fraction of sp³-hybridized carbons (Fsp3) is 0.440. The van der Waals surface area contributed by atoms with E-state index in [9.17, 15) is 4.79 Å². The van der Waals surface area contributed by atoms with Crippen LogP contribution in [0, 0.1) is 11.3 Å². The summed E-state index contributed by atoms with van der Waals surface area (Å²) in [6.45, 7) is 9.65. The molecule has 4 heteroatoms. The fourth-order valence-electron chi connectivity index (χ4n) is 4.06. The van der Waals surface area contributed by atoms with Crippen molar-refractivity contribution in [2.45, 2.75) is 53.5 Å².